The summed E-state index contributed by atoms with van der Waals surface area (Å²) in [6.45, 7) is 3.29. The predicted molar refractivity (Wildman–Crippen MR) is 124 cm³/mol. The number of benzene rings is 3. The molecule has 4 nitrogen and oxygen atoms in total. The minimum atomic E-state index is -0.804. The molecule has 4 heteroatoms. The standard InChI is InChI=1S/C27H29NO3/c1-22(26(29)21-31-27(30)18-17-23-11-5-2-6-12-23)28(19-24-13-7-3-8-14-24)20-25-15-9-4-10-16-25/h2-18,22,26,29H,19-21H2,1H3/t22-,26-/m0/s1. The number of rotatable bonds is 10. The highest BCUT2D eigenvalue weighted by Gasteiger charge is 2.23. The number of carbonyl (C=O) groups is 1. The van der Waals surface area contributed by atoms with E-state index in [1.165, 1.54) is 17.2 Å². The Morgan fingerprint density at radius 3 is 1.87 bits per heavy atom. The number of nitrogens with zero attached hydrogens (tertiary/aromatic N) is 1. The topological polar surface area (TPSA) is 49.8 Å². The lowest BCUT2D eigenvalue weighted by Crippen LogP contribution is -2.43. The van der Waals surface area contributed by atoms with Crippen molar-refractivity contribution < 1.29 is 14.6 Å². The van der Waals surface area contributed by atoms with E-state index >= 15 is 0 Å². The summed E-state index contributed by atoms with van der Waals surface area (Å²) in [5, 5.41) is 10.7. The van der Waals surface area contributed by atoms with E-state index in [0.29, 0.717) is 13.1 Å². The van der Waals surface area contributed by atoms with Gasteiger partial charge in [0.15, 0.2) is 0 Å². The molecule has 3 aromatic rings. The van der Waals surface area contributed by atoms with Gasteiger partial charge >= 0.3 is 5.97 Å². The molecule has 0 heterocycles. The predicted octanol–water partition coefficient (Wildman–Crippen LogP) is 4.69. The van der Waals surface area contributed by atoms with Gasteiger partial charge < -0.3 is 9.84 Å². The van der Waals surface area contributed by atoms with Crippen LogP contribution < -0.4 is 0 Å². The maximum atomic E-state index is 12.1. The van der Waals surface area contributed by atoms with Crippen molar-refractivity contribution in [1.29, 1.82) is 0 Å². The van der Waals surface area contributed by atoms with E-state index in [1.807, 2.05) is 73.7 Å². The van der Waals surface area contributed by atoms with Crippen LogP contribution in [-0.4, -0.2) is 34.7 Å². The number of carbonyl (C=O) groups excluding carboxylic acids is 1. The normalized spacial score (nSPS) is 13.3. The number of hydrogen-bond donors (Lipinski definition) is 1. The fraction of sp³-hybridized carbons (Fsp3) is 0.222. The molecule has 0 aliphatic carbocycles. The lowest BCUT2D eigenvalue weighted by atomic mass is 10.1. The van der Waals surface area contributed by atoms with Gasteiger partial charge in [-0.05, 0) is 29.7 Å². The molecule has 160 valence electrons. The van der Waals surface area contributed by atoms with Crippen molar-refractivity contribution in [2.24, 2.45) is 0 Å². The first-order valence-corrected chi connectivity index (χ1v) is 10.5. The number of esters is 1. The van der Waals surface area contributed by atoms with Gasteiger partial charge in [0.05, 0.1) is 0 Å². The van der Waals surface area contributed by atoms with Gasteiger partial charge in [0.2, 0.25) is 0 Å². The van der Waals surface area contributed by atoms with E-state index in [1.54, 1.807) is 6.08 Å². The van der Waals surface area contributed by atoms with Crippen LogP contribution in [0.3, 0.4) is 0 Å². The summed E-state index contributed by atoms with van der Waals surface area (Å²) < 4.78 is 5.29. The number of aliphatic hydroxyl groups is 1. The SMILES string of the molecule is C[C@@H]([C@@H](O)COC(=O)C=Cc1ccccc1)N(Cc1ccccc1)Cc1ccccc1. The second-order valence-corrected chi connectivity index (χ2v) is 7.56. The quantitative estimate of drug-likeness (QED) is 0.385. The van der Waals surface area contributed by atoms with Gasteiger partial charge in [-0.1, -0.05) is 91.0 Å². The smallest absolute Gasteiger partial charge is 0.330 e. The Labute approximate surface area is 184 Å². The van der Waals surface area contributed by atoms with Crippen LogP contribution in [0.4, 0.5) is 0 Å². The summed E-state index contributed by atoms with van der Waals surface area (Å²) in [6, 6.07) is 29.7. The van der Waals surface area contributed by atoms with Crippen LogP contribution in [0.1, 0.15) is 23.6 Å². The summed E-state index contributed by atoms with van der Waals surface area (Å²) in [4.78, 5) is 14.3. The van der Waals surface area contributed by atoms with Gasteiger partial charge in [-0.25, -0.2) is 4.79 Å². The van der Waals surface area contributed by atoms with Crippen LogP contribution in [0.15, 0.2) is 97.1 Å². The van der Waals surface area contributed by atoms with E-state index in [9.17, 15) is 9.90 Å². The van der Waals surface area contributed by atoms with E-state index in [0.717, 1.165) is 5.56 Å². The van der Waals surface area contributed by atoms with E-state index < -0.39 is 12.1 Å². The third-order valence-corrected chi connectivity index (χ3v) is 5.20. The van der Waals surface area contributed by atoms with Gasteiger partial charge in [-0.15, -0.1) is 0 Å². The fourth-order valence-corrected chi connectivity index (χ4v) is 3.31. The zero-order chi connectivity index (χ0) is 21.9. The summed E-state index contributed by atoms with van der Waals surface area (Å²) in [6.07, 6.45) is 2.29. The van der Waals surface area contributed by atoms with Crippen molar-refractivity contribution in [3.05, 3.63) is 114 Å². The molecular formula is C27H29NO3. The Hall–Kier alpha value is -3.21. The molecule has 0 aliphatic heterocycles. The first kappa shape index (κ1) is 22.5. The highest BCUT2D eigenvalue weighted by molar-refractivity contribution is 5.87. The first-order valence-electron chi connectivity index (χ1n) is 10.5. The second kappa shape index (κ2) is 11.8. The molecule has 0 unspecified atom stereocenters. The maximum Gasteiger partial charge on any atom is 0.330 e. The fourth-order valence-electron chi connectivity index (χ4n) is 3.31. The zero-order valence-corrected chi connectivity index (χ0v) is 17.8. The number of hydrogen-bond acceptors (Lipinski definition) is 4. The van der Waals surface area contributed by atoms with Crippen LogP contribution in [0.25, 0.3) is 6.08 Å². The van der Waals surface area contributed by atoms with Crippen LogP contribution in [0, 0.1) is 0 Å². The molecule has 0 radical (unpaired) electrons. The molecule has 0 aromatic heterocycles. The summed E-state index contributed by atoms with van der Waals surface area (Å²) in [7, 11) is 0. The van der Waals surface area contributed by atoms with E-state index in [2.05, 4.69) is 29.2 Å². The van der Waals surface area contributed by atoms with Crippen molar-refractivity contribution in [3.8, 4) is 0 Å². The summed E-state index contributed by atoms with van der Waals surface area (Å²) >= 11 is 0. The molecule has 0 spiro atoms. The molecule has 1 N–H and O–H groups in total. The summed E-state index contributed by atoms with van der Waals surface area (Å²) in [5.41, 5.74) is 3.26. The monoisotopic (exact) mass is 415 g/mol. The van der Waals surface area contributed by atoms with Crippen LogP contribution in [0.2, 0.25) is 0 Å². The van der Waals surface area contributed by atoms with Crippen molar-refractivity contribution in [3.63, 3.8) is 0 Å². The lowest BCUT2D eigenvalue weighted by Gasteiger charge is -2.32. The molecule has 0 fully saturated rings. The zero-order valence-electron chi connectivity index (χ0n) is 17.8. The molecule has 3 rings (SSSR count). The molecule has 0 saturated heterocycles. The molecule has 0 bridgehead atoms. The van der Waals surface area contributed by atoms with Crippen LogP contribution in [0.5, 0.6) is 0 Å². The first-order chi connectivity index (χ1) is 15.1. The second-order valence-electron chi connectivity index (χ2n) is 7.56. The van der Waals surface area contributed by atoms with Gasteiger partial charge in [-0.3, -0.25) is 4.90 Å². The Morgan fingerprint density at radius 1 is 0.871 bits per heavy atom. The van der Waals surface area contributed by atoms with Crippen molar-refractivity contribution >= 4 is 12.0 Å². The van der Waals surface area contributed by atoms with Crippen molar-refractivity contribution in [1.82, 2.24) is 4.90 Å². The molecule has 0 saturated carbocycles. The Kier molecular flexibility index (Phi) is 8.59. The largest absolute Gasteiger partial charge is 0.460 e. The average Bonchev–Trinajstić information content (AvgIpc) is 2.82. The van der Waals surface area contributed by atoms with E-state index in [4.69, 9.17) is 4.74 Å². The van der Waals surface area contributed by atoms with Gasteiger partial charge in [0.25, 0.3) is 0 Å². The van der Waals surface area contributed by atoms with Crippen molar-refractivity contribution in [2.75, 3.05) is 6.61 Å². The number of aliphatic hydroxyl groups excluding tert-OH is 1. The molecular weight excluding hydrogens is 386 g/mol. The van der Waals surface area contributed by atoms with Gasteiger partial charge in [0, 0.05) is 25.2 Å². The van der Waals surface area contributed by atoms with E-state index in [-0.39, 0.29) is 12.6 Å². The number of ether oxygens (including phenoxy) is 1. The lowest BCUT2D eigenvalue weighted by molar-refractivity contribution is -0.142. The highest BCUT2D eigenvalue weighted by Crippen LogP contribution is 2.16. The van der Waals surface area contributed by atoms with Crippen LogP contribution in [-0.2, 0) is 22.6 Å². The highest BCUT2D eigenvalue weighted by atomic mass is 16.5. The van der Waals surface area contributed by atoms with Gasteiger partial charge in [-0.2, -0.15) is 0 Å². The summed E-state index contributed by atoms with van der Waals surface area (Å²) in [5.74, 6) is -0.465. The van der Waals surface area contributed by atoms with Crippen molar-refractivity contribution in [2.45, 2.75) is 32.2 Å². The third-order valence-electron chi connectivity index (χ3n) is 5.20. The Morgan fingerprint density at radius 2 is 1.35 bits per heavy atom. The molecule has 31 heavy (non-hydrogen) atoms. The third kappa shape index (κ3) is 7.52. The van der Waals surface area contributed by atoms with Crippen LogP contribution >= 0.6 is 0 Å². The minimum Gasteiger partial charge on any atom is -0.460 e. The molecule has 0 amide bonds. The maximum absolute atomic E-state index is 12.1. The van der Waals surface area contributed by atoms with Gasteiger partial charge in [0.1, 0.15) is 12.7 Å². The average molecular weight is 416 g/mol. The molecule has 2 atom stereocenters. The molecule has 0 aliphatic rings. The Bertz CT molecular complexity index is 900. The Balaban J connectivity index is 1.60. The minimum absolute atomic E-state index is 0.0563. The molecule has 3 aromatic carbocycles.